The second-order valence-electron chi connectivity index (χ2n) is 1.03. The molecule has 0 aliphatic rings. The minimum Gasteiger partial charge on any atom is -0.246 e. The van der Waals surface area contributed by atoms with Gasteiger partial charge in [-0.1, -0.05) is 6.92 Å². The van der Waals surface area contributed by atoms with E-state index in [-0.39, 0.29) is 0 Å². The van der Waals surface area contributed by atoms with Crippen molar-refractivity contribution in [1.29, 1.82) is 0 Å². The third kappa shape index (κ3) is 5.84. The van der Waals surface area contributed by atoms with E-state index in [4.69, 9.17) is 0 Å². The van der Waals surface area contributed by atoms with E-state index in [1.54, 1.807) is 7.05 Å². The van der Waals surface area contributed by atoms with Crippen molar-refractivity contribution in [3.63, 3.8) is 0 Å². The summed E-state index contributed by atoms with van der Waals surface area (Å²) in [4.78, 5) is 0. The molecule has 0 aromatic heterocycles. The first kappa shape index (κ1) is 6.84. The predicted molar refractivity (Wildman–Crippen MR) is 29.0 cm³/mol. The predicted octanol–water partition coefficient (Wildman–Crippen LogP) is -1.26. The van der Waals surface area contributed by atoms with E-state index in [2.05, 4.69) is 21.9 Å². The highest BCUT2D eigenvalue weighted by molar-refractivity contribution is 4.19. The summed E-state index contributed by atoms with van der Waals surface area (Å²) < 4.78 is 0. The molecule has 44 valence electrons. The van der Waals surface area contributed by atoms with Gasteiger partial charge in [0, 0.05) is 6.54 Å². The first-order valence-corrected chi connectivity index (χ1v) is 2.31. The lowest BCUT2D eigenvalue weighted by Gasteiger charge is -2.02. The van der Waals surface area contributed by atoms with Crippen LogP contribution in [0.1, 0.15) is 6.92 Å². The molecule has 0 aliphatic carbocycles. The zero-order chi connectivity index (χ0) is 5.54. The highest BCUT2D eigenvalue weighted by Gasteiger charge is 1.69. The quantitative estimate of drug-likeness (QED) is 0.265. The fourth-order valence-electron chi connectivity index (χ4n) is 0.195. The molecule has 0 fully saturated rings. The summed E-state index contributed by atoms with van der Waals surface area (Å²) in [5.41, 5.74) is 10.8. The van der Waals surface area contributed by atoms with Crippen molar-refractivity contribution in [2.75, 3.05) is 13.6 Å². The van der Waals surface area contributed by atoms with Gasteiger partial charge in [-0.05, 0) is 7.05 Å². The van der Waals surface area contributed by atoms with Gasteiger partial charge < -0.3 is 0 Å². The minimum atomic E-state index is 0.898. The topological polar surface area (TPSA) is 48.1 Å². The van der Waals surface area contributed by atoms with E-state index < -0.39 is 0 Å². The Bertz CT molecular complexity index is 26.1. The zero-order valence-corrected chi connectivity index (χ0v) is 4.71. The van der Waals surface area contributed by atoms with Crippen LogP contribution in [0.15, 0.2) is 0 Å². The Kier molecular flexibility index (Phi) is 5.71. The Morgan fingerprint density at radius 1 is 1.29 bits per heavy atom. The normalized spacial score (nSPS) is 9.43. The third-order valence-electron chi connectivity index (χ3n) is 0.453. The molecule has 0 aliphatic heterocycles. The van der Waals surface area contributed by atoms with Crippen molar-refractivity contribution in [2.24, 2.45) is 0 Å². The maximum absolute atomic E-state index is 2.83. The number of hydrogen-bond donors (Lipinski definition) is 4. The summed E-state index contributed by atoms with van der Waals surface area (Å²) in [6.07, 6.45) is 0. The summed E-state index contributed by atoms with van der Waals surface area (Å²) in [5.74, 6) is 0. The molecule has 4 nitrogen and oxygen atoms in total. The minimum absolute atomic E-state index is 0.898. The van der Waals surface area contributed by atoms with Gasteiger partial charge in [0.1, 0.15) is 0 Å². The molecule has 4 N–H and O–H groups in total. The molecule has 0 amide bonds. The molecule has 0 heterocycles. The van der Waals surface area contributed by atoms with Crippen LogP contribution in [0.4, 0.5) is 0 Å². The van der Waals surface area contributed by atoms with Gasteiger partial charge in [-0.3, -0.25) is 0 Å². The van der Waals surface area contributed by atoms with Crippen LogP contribution in [0.2, 0.25) is 0 Å². The molecule has 0 aromatic carbocycles. The molecule has 0 atom stereocenters. The van der Waals surface area contributed by atoms with Gasteiger partial charge in [-0.25, -0.2) is 10.9 Å². The molecule has 0 unspecified atom stereocenters. The van der Waals surface area contributed by atoms with Gasteiger partial charge in [0.2, 0.25) is 0 Å². The Morgan fingerprint density at radius 2 is 2.00 bits per heavy atom. The summed E-state index contributed by atoms with van der Waals surface area (Å²) in [5, 5.41) is 0. The van der Waals surface area contributed by atoms with Crippen molar-refractivity contribution in [2.45, 2.75) is 6.92 Å². The van der Waals surface area contributed by atoms with Gasteiger partial charge in [0.05, 0.1) is 0 Å². The molecular weight excluding hydrogens is 92.1 g/mol. The van der Waals surface area contributed by atoms with Gasteiger partial charge in [0.15, 0.2) is 0 Å². The molecule has 0 rings (SSSR count). The molecule has 4 heteroatoms. The van der Waals surface area contributed by atoms with Crippen LogP contribution in [0.25, 0.3) is 0 Å². The first-order chi connectivity index (χ1) is 3.41. The van der Waals surface area contributed by atoms with Crippen molar-refractivity contribution < 1.29 is 0 Å². The number of rotatable bonds is 4. The molecule has 0 saturated carbocycles. The molecule has 0 saturated heterocycles. The van der Waals surface area contributed by atoms with Crippen LogP contribution in [0.5, 0.6) is 0 Å². The molecule has 0 aromatic rings. The van der Waals surface area contributed by atoms with Crippen molar-refractivity contribution in [1.82, 2.24) is 21.9 Å². The maximum atomic E-state index is 2.83. The number of nitrogens with one attached hydrogen (secondary N) is 4. The Labute approximate surface area is 43.6 Å². The second-order valence-corrected chi connectivity index (χ2v) is 1.03. The molecule has 0 bridgehead atoms. The van der Waals surface area contributed by atoms with Crippen LogP contribution in [0, 0.1) is 0 Å². The SMILES string of the molecule is CCNNNNC. The Hall–Kier alpha value is -0.160. The smallest absolute Gasteiger partial charge is 0.00850 e. The second kappa shape index (κ2) is 5.84. The lowest BCUT2D eigenvalue weighted by molar-refractivity contribution is 0.400. The largest absolute Gasteiger partial charge is 0.246 e. The monoisotopic (exact) mass is 104 g/mol. The highest BCUT2D eigenvalue weighted by atomic mass is 15.7. The Morgan fingerprint density at radius 3 is 2.43 bits per heavy atom. The average Bonchev–Trinajstić information content (AvgIpc) is 1.69. The van der Waals surface area contributed by atoms with Crippen molar-refractivity contribution >= 4 is 0 Å². The van der Waals surface area contributed by atoms with Gasteiger partial charge >= 0.3 is 0 Å². The van der Waals surface area contributed by atoms with Crippen LogP contribution in [-0.2, 0) is 0 Å². The lowest BCUT2D eigenvalue weighted by Crippen LogP contribution is -2.48. The van der Waals surface area contributed by atoms with Crippen LogP contribution < -0.4 is 21.9 Å². The van der Waals surface area contributed by atoms with Crippen molar-refractivity contribution in [3.8, 4) is 0 Å². The van der Waals surface area contributed by atoms with Crippen molar-refractivity contribution in [3.05, 3.63) is 0 Å². The number of hydrazine groups is 3. The fourth-order valence-corrected chi connectivity index (χ4v) is 0.195. The molecule has 7 heavy (non-hydrogen) atoms. The van der Waals surface area contributed by atoms with Gasteiger partial charge in [-0.15, -0.1) is 0 Å². The summed E-state index contributed by atoms with van der Waals surface area (Å²) >= 11 is 0. The summed E-state index contributed by atoms with van der Waals surface area (Å²) in [6, 6.07) is 0. The van der Waals surface area contributed by atoms with Crippen LogP contribution in [0.3, 0.4) is 0 Å². The molecule has 0 spiro atoms. The van der Waals surface area contributed by atoms with E-state index in [0.29, 0.717) is 0 Å². The van der Waals surface area contributed by atoms with E-state index in [1.165, 1.54) is 0 Å². The molecular formula is C3H12N4. The van der Waals surface area contributed by atoms with E-state index in [1.807, 2.05) is 6.92 Å². The summed E-state index contributed by atoms with van der Waals surface area (Å²) in [6.45, 7) is 2.90. The Balaban J connectivity index is 2.45. The summed E-state index contributed by atoms with van der Waals surface area (Å²) in [7, 11) is 1.78. The first-order valence-electron chi connectivity index (χ1n) is 2.31. The third-order valence-corrected chi connectivity index (χ3v) is 0.453. The maximum Gasteiger partial charge on any atom is 0.00850 e. The lowest BCUT2D eigenvalue weighted by atomic mass is 10.8. The standard InChI is InChI=1S/C3H12N4/c1-3-5-7-6-4-2/h4-7H,3H2,1-2H3. The number of hydrogen-bond acceptors (Lipinski definition) is 4. The van der Waals surface area contributed by atoms with Gasteiger partial charge in [-0.2, -0.15) is 11.1 Å². The zero-order valence-electron chi connectivity index (χ0n) is 4.71. The van der Waals surface area contributed by atoms with Crippen LogP contribution >= 0.6 is 0 Å². The van der Waals surface area contributed by atoms with E-state index >= 15 is 0 Å². The fraction of sp³-hybridized carbons (Fsp3) is 1.00. The van der Waals surface area contributed by atoms with E-state index in [0.717, 1.165) is 6.54 Å². The molecule has 0 radical (unpaired) electrons. The average molecular weight is 104 g/mol. The van der Waals surface area contributed by atoms with Crippen LogP contribution in [-0.4, -0.2) is 13.6 Å². The van der Waals surface area contributed by atoms with E-state index in [9.17, 15) is 0 Å². The van der Waals surface area contributed by atoms with Gasteiger partial charge in [0.25, 0.3) is 0 Å². The highest BCUT2D eigenvalue weighted by Crippen LogP contribution is 1.37.